The smallest absolute Gasteiger partial charge is 0.327 e. The van der Waals surface area contributed by atoms with Crippen molar-refractivity contribution in [2.24, 2.45) is 5.73 Å². The van der Waals surface area contributed by atoms with Crippen LogP contribution in [-0.4, -0.2) is 81.2 Å². The maximum atomic E-state index is 12.3. The molecule has 1 aromatic rings. The zero-order valence-electron chi connectivity index (χ0n) is 15.9. The minimum Gasteiger partial charge on any atom is -0.480 e. The highest BCUT2D eigenvalue weighted by Gasteiger charge is 2.26. The van der Waals surface area contributed by atoms with Crippen molar-refractivity contribution in [3.05, 3.63) is 18.2 Å². The summed E-state index contributed by atoms with van der Waals surface area (Å²) in [4.78, 5) is 54.2. The first kappa shape index (κ1) is 24.8. The molecule has 0 saturated carbocycles. The van der Waals surface area contributed by atoms with Gasteiger partial charge in [0.25, 0.3) is 0 Å². The van der Waals surface area contributed by atoms with E-state index >= 15 is 0 Å². The lowest BCUT2D eigenvalue weighted by atomic mass is 10.1. The van der Waals surface area contributed by atoms with Crippen molar-refractivity contribution in [2.75, 3.05) is 24.3 Å². The van der Waals surface area contributed by atoms with Gasteiger partial charge < -0.3 is 31.8 Å². The van der Waals surface area contributed by atoms with Crippen LogP contribution in [-0.2, 0) is 25.6 Å². The van der Waals surface area contributed by atoms with Gasteiger partial charge in [-0.3, -0.25) is 14.4 Å². The van der Waals surface area contributed by atoms with Crippen LogP contribution in [0.3, 0.4) is 0 Å². The normalized spacial score (nSPS) is 13.8. The SMILES string of the molecule is CSCCC(NC(=O)CNC(=O)C(N)Cc1cnc[nH]1)C(=O)NC(CS)C(=O)O. The number of rotatable bonds is 13. The molecule has 0 aliphatic heterocycles. The Morgan fingerprint density at radius 3 is 2.55 bits per heavy atom. The average Bonchev–Trinajstić information content (AvgIpc) is 3.19. The maximum absolute atomic E-state index is 12.3. The van der Waals surface area contributed by atoms with Gasteiger partial charge in [0.15, 0.2) is 0 Å². The summed E-state index contributed by atoms with van der Waals surface area (Å²) in [6.45, 7) is -0.368. The molecule has 7 N–H and O–H groups in total. The van der Waals surface area contributed by atoms with Crippen molar-refractivity contribution in [1.82, 2.24) is 25.9 Å². The van der Waals surface area contributed by atoms with Gasteiger partial charge in [-0.15, -0.1) is 0 Å². The van der Waals surface area contributed by atoms with E-state index in [-0.39, 0.29) is 18.7 Å². The monoisotopic (exact) mass is 446 g/mol. The summed E-state index contributed by atoms with van der Waals surface area (Å²) in [5, 5.41) is 16.3. The Kier molecular flexibility index (Phi) is 11.2. The number of imidazole rings is 1. The third-order valence-electron chi connectivity index (χ3n) is 3.81. The van der Waals surface area contributed by atoms with Crippen molar-refractivity contribution >= 4 is 48.1 Å². The van der Waals surface area contributed by atoms with E-state index in [0.717, 1.165) is 0 Å². The first-order valence-electron chi connectivity index (χ1n) is 8.71. The Morgan fingerprint density at radius 1 is 1.28 bits per heavy atom. The lowest BCUT2D eigenvalue weighted by Crippen LogP contribution is -2.54. The predicted molar refractivity (Wildman–Crippen MR) is 112 cm³/mol. The fourth-order valence-corrected chi connectivity index (χ4v) is 2.95. The van der Waals surface area contributed by atoms with E-state index in [4.69, 9.17) is 10.8 Å². The number of carbonyl (C=O) groups excluding carboxylic acids is 3. The predicted octanol–water partition coefficient (Wildman–Crippen LogP) is -1.87. The zero-order chi connectivity index (χ0) is 21.8. The fraction of sp³-hybridized carbons (Fsp3) is 0.562. The fourth-order valence-electron chi connectivity index (χ4n) is 2.23. The number of thiol groups is 1. The van der Waals surface area contributed by atoms with E-state index in [0.29, 0.717) is 17.9 Å². The molecule has 0 aliphatic carbocycles. The number of thioether (sulfide) groups is 1. The largest absolute Gasteiger partial charge is 0.480 e. The van der Waals surface area contributed by atoms with Crippen LogP contribution in [0.4, 0.5) is 0 Å². The quantitative estimate of drug-likeness (QED) is 0.172. The number of H-pyrrole nitrogens is 1. The number of carboxylic acid groups (broad SMARTS) is 1. The van der Waals surface area contributed by atoms with Crippen LogP contribution >= 0.6 is 24.4 Å². The first-order chi connectivity index (χ1) is 13.8. The summed E-state index contributed by atoms with van der Waals surface area (Å²) in [5.74, 6) is -2.49. The highest BCUT2D eigenvalue weighted by Crippen LogP contribution is 2.02. The number of amides is 3. The summed E-state index contributed by atoms with van der Waals surface area (Å²) in [6.07, 6.45) is 5.38. The standard InChI is InChI=1S/C16H26N6O5S2/c1-29-3-2-11(15(25)22-12(7-28)16(26)27)21-13(23)6-19-14(24)10(17)4-9-5-18-8-20-9/h5,8,10-12,28H,2-4,6-7,17H2,1H3,(H,18,20)(H,19,24)(H,21,23)(H,22,25)(H,26,27). The van der Waals surface area contributed by atoms with Crippen molar-refractivity contribution in [3.63, 3.8) is 0 Å². The van der Waals surface area contributed by atoms with Crippen LogP contribution in [0.2, 0.25) is 0 Å². The molecule has 0 radical (unpaired) electrons. The van der Waals surface area contributed by atoms with Gasteiger partial charge in [-0.2, -0.15) is 24.4 Å². The number of aromatic amines is 1. The summed E-state index contributed by atoms with van der Waals surface area (Å²) < 4.78 is 0. The molecular formula is C16H26N6O5S2. The molecule has 162 valence electrons. The van der Waals surface area contributed by atoms with E-state index in [2.05, 4.69) is 38.5 Å². The minimum atomic E-state index is -1.22. The van der Waals surface area contributed by atoms with Gasteiger partial charge in [0.2, 0.25) is 17.7 Å². The Hall–Kier alpha value is -2.25. The van der Waals surface area contributed by atoms with Crippen LogP contribution in [0.1, 0.15) is 12.1 Å². The third kappa shape index (κ3) is 9.19. The molecule has 1 heterocycles. The highest BCUT2D eigenvalue weighted by atomic mass is 32.2. The highest BCUT2D eigenvalue weighted by molar-refractivity contribution is 7.98. The zero-order valence-corrected chi connectivity index (χ0v) is 17.6. The Labute approximate surface area is 177 Å². The molecule has 0 spiro atoms. The summed E-state index contributed by atoms with van der Waals surface area (Å²) >= 11 is 5.36. The Morgan fingerprint density at radius 2 is 2.00 bits per heavy atom. The van der Waals surface area contributed by atoms with E-state index in [1.807, 2.05) is 6.26 Å². The Balaban J connectivity index is 2.55. The number of nitrogens with zero attached hydrogens (tertiary/aromatic N) is 1. The Bertz CT molecular complexity index is 687. The number of nitrogens with two attached hydrogens (primary N) is 1. The van der Waals surface area contributed by atoms with Gasteiger partial charge in [0.05, 0.1) is 18.9 Å². The second kappa shape index (κ2) is 13.1. The first-order valence-corrected chi connectivity index (χ1v) is 10.7. The van der Waals surface area contributed by atoms with Crippen LogP contribution < -0.4 is 21.7 Å². The lowest BCUT2D eigenvalue weighted by Gasteiger charge is -2.21. The van der Waals surface area contributed by atoms with Crippen molar-refractivity contribution in [3.8, 4) is 0 Å². The van der Waals surface area contributed by atoms with Crippen molar-refractivity contribution in [2.45, 2.75) is 31.0 Å². The molecule has 29 heavy (non-hydrogen) atoms. The molecule has 3 unspecified atom stereocenters. The molecule has 0 bridgehead atoms. The van der Waals surface area contributed by atoms with Crippen LogP contribution in [0.5, 0.6) is 0 Å². The topological polar surface area (TPSA) is 179 Å². The average molecular weight is 447 g/mol. The van der Waals surface area contributed by atoms with Gasteiger partial charge in [-0.25, -0.2) is 9.78 Å². The molecule has 3 atom stereocenters. The molecule has 11 nitrogen and oxygen atoms in total. The molecule has 3 amide bonds. The van der Waals surface area contributed by atoms with Crippen LogP contribution in [0, 0.1) is 0 Å². The maximum Gasteiger partial charge on any atom is 0.327 e. The molecule has 0 aliphatic rings. The van der Waals surface area contributed by atoms with Gasteiger partial charge in [-0.05, 0) is 18.4 Å². The minimum absolute atomic E-state index is 0.0887. The van der Waals surface area contributed by atoms with Gasteiger partial charge in [-0.1, -0.05) is 0 Å². The third-order valence-corrected chi connectivity index (χ3v) is 4.82. The van der Waals surface area contributed by atoms with Gasteiger partial charge in [0.1, 0.15) is 12.1 Å². The van der Waals surface area contributed by atoms with Gasteiger partial charge >= 0.3 is 5.97 Å². The number of hydrogen-bond donors (Lipinski definition) is 7. The molecule has 0 saturated heterocycles. The van der Waals surface area contributed by atoms with E-state index in [1.165, 1.54) is 18.1 Å². The lowest BCUT2D eigenvalue weighted by molar-refractivity contribution is -0.141. The van der Waals surface area contributed by atoms with Crippen molar-refractivity contribution < 1.29 is 24.3 Å². The molecule has 13 heteroatoms. The number of carbonyl (C=O) groups is 4. The molecular weight excluding hydrogens is 420 g/mol. The van der Waals surface area contributed by atoms with Crippen LogP contribution in [0.15, 0.2) is 12.5 Å². The molecule has 1 aromatic heterocycles. The van der Waals surface area contributed by atoms with Gasteiger partial charge in [0, 0.05) is 24.1 Å². The number of hydrogen-bond acceptors (Lipinski definition) is 8. The number of nitrogens with one attached hydrogen (secondary N) is 4. The number of aliphatic carboxylic acids is 1. The second-order valence-electron chi connectivity index (χ2n) is 6.09. The number of aromatic nitrogens is 2. The molecule has 1 rings (SSSR count). The number of carboxylic acids is 1. The van der Waals surface area contributed by atoms with E-state index in [9.17, 15) is 19.2 Å². The van der Waals surface area contributed by atoms with Crippen molar-refractivity contribution in [1.29, 1.82) is 0 Å². The van der Waals surface area contributed by atoms with E-state index < -0.39 is 41.8 Å². The summed E-state index contributed by atoms with van der Waals surface area (Å²) in [7, 11) is 0. The van der Waals surface area contributed by atoms with E-state index in [1.54, 1.807) is 6.20 Å². The molecule has 0 fully saturated rings. The second-order valence-corrected chi connectivity index (χ2v) is 7.44. The molecule has 0 aromatic carbocycles. The summed E-state index contributed by atoms with van der Waals surface area (Å²) in [6, 6.07) is -2.97. The van der Waals surface area contributed by atoms with Crippen LogP contribution in [0.25, 0.3) is 0 Å². The summed E-state index contributed by atoms with van der Waals surface area (Å²) in [5.41, 5.74) is 6.47.